The highest BCUT2D eigenvalue weighted by Crippen LogP contribution is 2.24. The summed E-state index contributed by atoms with van der Waals surface area (Å²) in [6, 6.07) is 17.8. The van der Waals surface area contributed by atoms with Gasteiger partial charge >= 0.3 is 0 Å². The average Bonchev–Trinajstić information content (AvgIpc) is 2.73. The number of para-hydroxylation sites is 1. The normalized spacial score (nSPS) is 12.2. The highest BCUT2D eigenvalue weighted by molar-refractivity contribution is 7.92. The molecule has 156 valence electrons. The highest BCUT2D eigenvalue weighted by atomic mass is 32.2. The van der Waals surface area contributed by atoms with Gasteiger partial charge in [-0.3, -0.25) is 9.10 Å². The average molecular weight is 430 g/mol. The van der Waals surface area contributed by atoms with Crippen LogP contribution in [0.25, 0.3) is 0 Å². The van der Waals surface area contributed by atoms with Crippen LogP contribution in [0.3, 0.4) is 0 Å². The van der Waals surface area contributed by atoms with Gasteiger partial charge in [0.25, 0.3) is 10.0 Å². The third kappa shape index (κ3) is 5.01. The summed E-state index contributed by atoms with van der Waals surface area (Å²) in [6.45, 7) is 1.24. The number of carbonyl (C=O) groups is 1. The quantitative estimate of drug-likeness (QED) is 0.615. The number of hydrogen-bond donors (Lipinski definition) is 1. The summed E-state index contributed by atoms with van der Waals surface area (Å²) in [6.07, 6.45) is 0. The molecule has 3 aromatic rings. The van der Waals surface area contributed by atoms with Crippen molar-refractivity contribution in [2.45, 2.75) is 17.9 Å². The lowest BCUT2D eigenvalue weighted by Crippen LogP contribution is -2.41. The summed E-state index contributed by atoms with van der Waals surface area (Å²) in [5.41, 5.74) is 0.976. The fourth-order valence-corrected chi connectivity index (χ4v) is 4.32. The molecule has 0 aromatic heterocycles. The van der Waals surface area contributed by atoms with Crippen molar-refractivity contribution in [3.05, 3.63) is 96.1 Å². The standard InChI is InChI=1S/C22H20F2N2O3S/c1-16(17-7-9-18(23)10-8-17)25-22(27)15-26(20-5-3-2-4-6-20)30(28,29)21-13-11-19(24)12-14-21/h2-14,16H,15H2,1H3,(H,25,27). The molecular weight excluding hydrogens is 410 g/mol. The first kappa shape index (κ1) is 21.4. The van der Waals surface area contributed by atoms with Crippen molar-refractivity contribution in [3.63, 3.8) is 0 Å². The molecule has 1 unspecified atom stereocenters. The summed E-state index contributed by atoms with van der Waals surface area (Å²) in [5, 5.41) is 2.72. The molecule has 0 radical (unpaired) electrons. The molecule has 0 aliphatic heterocycles. The van der Waals surface area contributed by atoms with Crippen molar-refractivity contribution in [2.75, 3.05) is 10.8 Å². The lowest BCUT2D eigenvalue weighted by atomic mass is 10.1. The SMILES string of the molecule is CC(NC(=O)CN(c1ccccc1)S(=O)(=O)c1ccc(F)cc1)c1ccc(F)cc1. The Morgan fingerprint density at radius 2 is 1.43 bits per heavy atom. The van der Waals surface area contributed by atoms with Crippen LogP contribution >= 0.6 is 0 Å². The Bertz CT molecular complexity index is 1100. The van der Waals surface area contributed by atoms with Gasteiger partial charge in [-0.25, -0.2) is 17.2 Å². The van der Waals surface area contributed by atoms with Gasteiger partial charge in [0.15, 0.2) is 0 Å². The zero-order valence-electron chi connectivity index (χ0n) is 16.1. The number of halogens is 2. The monoisotopic (exact) mass is 430 g/mol. The molecule has 0 spiro atoms. The molecule has 3 aromatic carbocycles. The largest absolute Gasteiger partial charge is 0.348 e. The summed E-state index contributed by atoms with van der Waals surface area (Å²) in [7, 11) is -4.12. The van der Waals surface area contributed by atoms with Crippen LogP contribution in [0.1, 0.15) is 18.5 Å². The summed E-state index contributed by atoms with van der Waals surface area (Å²) in [5.74, 6) is -1.50. The minimum absolute atomic E-state index is 0.132. The van der Waals surface area contributed by atoms with Crippen molar-refractivity contribution in [1.82, 2.24) is 5.32 Å². The van der Waals surface area contributed by atoms with E-state index < -0.39 is 40.2 Å². The molecule has 1 N–H and O–H groups in total. The van der Waals surface area contributed by atoms with Gasteiger partial charge in [-0.1, -0.05) is 30.3 Å². The maximum atomic E-state index is 13.2. The molecule has 0 fully saturated rings. The van der Waals surface area contributed by atoms with Gasteiger partial charge in [0.1, 0.15) is 18.2 Å². The molecule has 0 bridgehead atoms. The maximum Gasteiger partial charge on any atom is 0.264 e. The van der Waals surface area contributed by atoms with Crippen LogP contribution in [0.4, 0.5) is 14.5 Å². The van der Waals surface area contributed by atoms with E-state index >= 15 is 0 Å². The molecule has 8 heteroatoms. The van der Waals surface area contributed by atoms with E-state index in [-0.39, 0.29) is 4.90 Å². The smallest absolute Gasteiger partial charge is 0.264 e. The number of hydrogen-bond acceptors (Lipinski definition) is 3. The molecule has 0 aliphatic rings. The second-order valence-corrected chi connectivity index (χ2v) is 8.50. The van der Waals surface area contributed by atoms with E-state index in [0.29, 0.717) is 11.3 Å². The van der Waals surface area contributed by atoms with Crippen LogP contribution in [0.2, 0.25) is 0 Å². The minimum Gasteiger partial charge on any atom is -0.348 e. The zero-order chi connectivity index (χ0) is 21.7. The number of carbonyl (C=O) groups excluding carboxylic acids is 1. The molecule has 0 saturated heterocycles. The van der Waals surface area contributed by atoms with Crippen LogP contribution in [0.5, 0.6) is 0 Å². The van der Waals surface area contributed by atoms with E-state index in [9.17, 15) is 22.0 Å². The number of nitrogens with one attached hydrogen (secondary N) is 1. The van der Waals surface area contributed by atoms with E-state index in [4.69, 9.17) is 0 Å². The van der Waals surface area contributed by atoms with E-state index in [2.05, 4.69) is 5.32 Å². The van der Waals surface area contributed by atoms with Crippen molar-refractivity contribution < 1.29 is 22.0 Å². The minimum atomic E-state index is -4.12. The van der Waals surface area contributed by atoms with Gasteiger partial charge in [0.05, 0.1) is 16.6 Å². The zero-order valence-corrected chi connectivity index (χ0v) is 16.9. The molecule has 5 nitrogen and oxygen atoms in total. The number of amides is 1. The van der Waals surface area contributed by atoms with E-state index in [1.807, 2.05) is 0 Å². The fraction of sp³-hybridized carbons (Fsp3) is 0.136. The molecule has 1 atom stereocenters. The van der Waals surface area contributed by atoms with E-state index in [0.717, 1.165) is 28.6 Å². The first-order valence-corrected chi connectivity index (χ1v) is 10.6. The Labute approximate surface area is 174 Å². The number of benzene rings is 3. The summed E-state index contributed by atoms with van der Waals surface area (Å²) < 4.78 is 53.6. The van der Waals surface area contributed by atoms with Crippen LogP contribution in [-0.4, -0.2) is 20.9 Å². The van der Waals surface area contributed by atoms with E-state index in [1.54, 1.807) is 49.4 Å². The van der Waals surface area contributed by atoms with Gasteiger partial charge < -0.3 is 5.32 Å². The van der Waals surface area contributed by atoms with Gasteiger partial charge in [-0.15, -0.1) is 0 Å². The summed E-state index contributed by atoms with van der Waals surface area (Å²) >= 11 is 0. The Morgan fingerprint density at radius 3 is 2.00 bits per heavy atom. The molecule has 0 heterocycles. The number of rotatable bonds is 7. The van der Waals surface area contributed by atoms with Crippen molar-refractivity contribution in [3.8, 4) is 0 Å². The van der Waals surface area contributed by atoms with Crippen LogP contribution < -0.4 is 9.62 Å². The highest BCUT2D eigenvalue weighted by Gasteiger charge is 2.27. The predicted molar refractivity (Wildman–Crippen MR) is 110 cm³/mol. The number of sulfonamides is 1. The Hall–Kier alpha value is -3.26. The first-order valence-electron chi connectivity index (χ1n) is 9.15. The molecular formula is C22H20F2N2O3S. The van der Waals surface area contributed by atoms with Crippen LogP contribution in [0, 0.1) is 11.6 Å². The second kappa shape index (κ2) is 9.04. The van der Waals surface area contributed by atoms with Crippen molar-refractivity contribution in [1.29, 1.82) is 0 Å². The molecule has 3 rings (SSSR count). The molecule has 30 heavy (non-hydrogen) atoms. The Balaban J connectivity index is 1.85. The molecule has 0 saturated carbocycles. The van der Waals surface area contributed by atoms with Crippen molar-refractivity contribution in [2.24, 2.45) is 0 Å². The van der Waals surface area contributed by atoms with Gasteiger partial charge in [-0.05, 0) is 61.0 Å². The van der Waals surface area contributed by atoms with Gasteiger partial charge in [0.2, 0.25) is 5.91 Å². The summed E-state index contributed by atoms with van der Waals surface area (Å²) in [4.78, 5) is 12.5. The fourth-order valence-electron chi connectivity index (χ4n) is 2.90. The van der Waals surface area contributed by atoms with Crippen LogP contribution in [-0.2, 0) is 14.8 Å². The predicted octanol–water partition coefficient (Wildman–Crippen LogP) is 4.04. The third-order valence-corrected chi connectivity index (χ3v) is 6.27. The number of nitrogens with zero attached hydrogens (tertiary/aromatic N) is 1. The van der Waals surface area contributed by atoms with Crippen LogP contribution in [0.15, 0.2) is 83.8 Å². The van der Waals surface area contributed by atoms with E-state index in [1.165, 1.54) is 12.1 Å². The third-order valence-electron chi connectivity index (χ3n) is 4.48. The maximum absolute atomic E-state index is 13.2. The lowest BCUT2D eigenvalue weighted by Gasteiger charge is -2.25. The Kier molecular flexibility index (Phi) is 6.47. The van der Waals surface area contributed by atoms with Gasteiger partial charge in [0, 0.05) is 0 Å². The van der Waals surface area contributed by atoms with Crippen molar-refractivity contribution >= 4 is 21.6 Å². The lowest BCUT2D eigenvalue weighted by molar-refractivity contribution is -0.120. The molecule has 1 amide bonds. The first-order chi connectivity index (χ1) is 14.3. The topological polar surface area (TPSA) is 66.5 Å². The second-order valence-electron chi connectivity index (χ2n) is 6.64. The Morgan fingerprint density at radius 1 is 0.900 bits per heavy atom. The number of anilines is 1. The molecule has 0 aliphatic carbocycles. The van der Waals surface area contributed by atoms with Gasteiger partial charge in [-0.2, -0.15) is 0 Å².